The maximum atomic E-state index is 12.1. The van der Waals surface area contributed by atoms with E-state index in [1.54, 1.807) is 13.0 Å². The van der Waals surface area contributed by atoms with Crippen LogP contribution in [0.15, 0.2) is 45.6 Å². The lowest BCUT2D eigenvalue weighted by Gasteiger charge is -2.07. The third-order valence-electron chi connectivity index (χ3n) is 3.31. The number of rotatable bonds is 1. The van der Waals surface area contributed by atoms with E-state index in [0.717, 1.165) is 0 Å². The molecule has 0 radical (unpaired) electrons. The van der Waals surface area contributed by atoms with Gasteiger partial charge in [-0.3, -0.25) is 4.79 Å². The van der Waals surface area contributed by atoms with Crippen molar-refractivity contribution in [2.24, 2.45) is 0 Å². The number of aromatic hydroxyl groups is 3. The molecule has 0 bridgehead atoms. The van der Waals surface area contributed by atoms with Gasteiger partial charge in [-0.25, -0.2) is 0 Å². The lowest BCUT2D eigenvalue weighted by atomic mass is 10.1. The van der Waals surface area contributed by atoms with Crippen molar-refractivity contribution in [1.82, 2.24) is 0 Å². The van der Waals surface area contributed by atoms with E-state index in [-0.39, 0.29) is 28.2 Å². The summed E-state index contributed by atoms with van der Waals surface area (Å²) in [5, 5.41) is 29.2. The molecule has 0 saturated heterocycles. The van der Waals surface area contributed by atoms with Crippen LogP contribution in [0.25, 0.3) is 22.3 Å². The number of phenolic OH excluding ortho intramolecular Hbond substituents is 2. The lowest BCUT2D eigenvalue weighted by molar-refractivity contribution is 0.447. The third kappa shape index (κ3) is 2.08. The van der Waals surface area contributed by atoms with E-state index in [4.69, 9.17) is 4.42 Å². The summed E-state index contributed by atoms with van der Waals surface area (Å²) in [5.41, 5.74) is 0.659. The molecule has 106 valence electrons. The van der Waals surface area contributed by atoms with Crippen molar-refractivity contribution in [1.29, 1.82) is 0 Å². The fourth-order valence-electron chi connectivity index (χ4n) is 2.16. The molecule has 3 rings (SSSR count). The van der Waals surface area contributed by atoms with Crippen LogP contribution in [-0.4, -0.2) is 15.3 Å². The normalized spacial score (nSPS) is 10.9. The molecule has 1 aromatic heterocycles. The van der Waals surface area contributed by atoms with Crippen LogP contribution >= 0.6 is 0 Å². The minimum atomic E-state index is -0.572. The van der Waals surface area contributed by atoms with Gasteiger partial charge in [0.2, 0.25) is 11.2 Å². The lowest BCUT2D eigenvalue weighted by Crippen LogP contribution is -2.02. The minimum absolute atomic E-state index is 0.00111. The Kier molecular flexibility index (Phi) is 2.83. The van der Waals surface area contributed by atoms with Gasteiger partial charge < -0.3 is 19.7 Å². The third-order valence-corrected chi connectivity index (χ3v) is 3.31. The van der Waals surface area contributed by atoms with Gasteiger partial charge in [0.25, 0.3) is 0 Å². The molecule has 0 aliphatic heterocycles. The highest BCUT2D eigenvalue weighted by Gasteiger charge is 2.16. The van der Waals surface area contributed by atoms with Crippen LogP contribution in [0.3, 0.4) is 0 Å². The number of benzene rings is 2. The monoisotopic (exact) mass is 284 g/mol. The van der Waals surface area contributed by atoms with E-state index in [9.17, 15) is 20.1 Å². The Morgan fingerprint density at radius 2 is 1.76 bits per heavy atom. The van der Waals surface area contributed by atoms with Crippen LogP contribution in [0.1, 0.15) is 5.56 Å². The van der Waals surface area contributed by atoms with Gasteiger partial charge in [0, 0.05) is 11.6 Å². The van der Waals surface area contributed by atoms with E-state index in [1.165, 1.54) is 30.3 Å². The van der Waals surface area contributed by atoms with Gasteiger partial charge in [0.15, 0.2) is 5.76 Å². The molecule has 0 aliphatic carbocycles. The first-order valence-corrected chi connectivity index (χ1v) is 6.26. The maximum absolute atomic E-state index is 12.1. The molecule has 0 atom stereocenters. The zero-order valence-corrected chi connectivity index (χ0v) is 11.1. The van der Waals surface area contributed by atoms with E-state index >= 15 is 0 Å². The zero-order valence-electron chi connectivity index (χ0n) is 11.1. The standard InChI is InChI=1S/C16H12O5/c1-8-6-9(2-5-12(8)18)16-15(20)14(19)11-4-3-10(17)7-13(11)21-16/h2-7,17-18,20H,1H3. The summed E-state index contributed by atoms with van der Waals surface area (Å²) in [6.45, 7) is 1.70. The smallest absolute Gasteiger partial charge is 0.235 e. The Bertz CT molecular complexity index is 908. The van der Waals surface area contributed by atoms with Crippen LogP contribution in [0.2, 0.25) is 0 Å². The second-order valence-electron chi connectivity index (χ2n) is 4.79. The first kappa shape index (κ1) is 13.1. The number of hydrogen-bond donors (Lipinski definition) is 3. The quantitative estimate of drug-likeness (QED) is 0.639. The summed E-state index contributed by atoms with van der Waals surface area (Å²) in [6, 6.07) is 8.64. The summed E-state index contributed by atoms with van der Waals surface area (Å²) in [5.74, 6) is -0.428. The molecule has 0 amide bonds. The van der Waals surface area contributed by atoms with Gasteiger partial charge >= 0.3 is 0 Å². The Hall–Kier alpha value is -2.95. The van der Waals surface area contributed by atoms with Crippen molar-refractivity contribution in [3.05, 3.63) is 52.2 Å². The van der Waals surface area contributed by atoms with Crippen LogP contribution in [0, 0.1) is 6.92 Å². The van der Waals surface area contributed by atoms with Crippen LogP contribution in [0.4, 0.5) is 0 Å². The molecule has 5 heteroatoms. The topological polar surface area (TPSA) is 90.9 Å². The Balaban J connectivity index is 2.34. The molecule has 5 nitrogen and oxygen atoms in total. The first-order valence-electron chi connectivity index (χ1n) is 6.26. The molecule has 1 heterocycles. The highest BCUT2D eigenvalue weighted by atomic mass is 16.4. The van der Waals surface area contributed by atoms with Crippen molar-refractivity contribution in [3.63, 3.8) is 0 Å². The van der Waals surface area contributed by atoms with Gasteiger partial charge in [-0.2, -0.15) is 0 Å². The molecule has 3 aromatic rings. The van der Waals surface area contributed by atoms with E-state index < -0.39 is 11.2 Å². The molecule has 0 unspecified atom stereocenters. The largest absolute Gasteiger partial charge is 0.508 e. The first-order chi connectivity index (χ1) is 9.97. The predicted octanol–water partition coefficient (Wildman–Crippen LogP) is 2.89. The van der Waals surface area contributed by atoms with E-state index in [1.807, 2.05) is 0 Å². The number of fused-ring (bicyclic) bond motifs is 1. The molecule has 21 heavy (non-hydrogen) atoms. The van der Waals surface area contributed by atoms with Gasteiger partial charge in [-0.05, 0) is 42.8 Å². The predicted molar refractivity (Wildman–Crippen MR) is 77.7 cm³/mol. The molecule has 0 spiro atoms. The molecule has 0 aliphatic rings. The second-order valence-corrected chi connectivity index (χ2v) is 4.79. The van der Waals surface area contributed by atoms with Crippen LogP contribution < -0.4 is 5.43 Å². The molecule has 2 aromatic carbocycles. The zero-order chi connectivity index (χ0) is 15.1. The van der Waals surface area contributed by atoms with Gasteiger partial charge in [0.05, 0.1) is 5.39 Å². The van der Waals surface area contributed by atoms with Gasteiger partial charge in [-0.15, -0.1) is 0 Å². The summed E-state index contributed by atoms with van der Waals surface area (Å²) >= 11 is 0. The van der Waals surface area contributed by atoms with Crippen molar-refractivity contribution in [3.8, 4) is 28.6 Å². The van der Waals surface area contributed by atoms with Crippen molar-refractivity contribution < 1.29 is 19.7 Å². The molecule has 0 saturated carbocycles. The number of phenols is 2. The fourth-order valence-corrected chi connectivity index (χ4v) is 2.16. The molecular weight excluding hydrogens is 272 g/mol. The molecular formula is C16H12O5. The summed E-state index contributed by atoms with van der Waals surface area (Å²) in [4.78, 5) is 12.1. The van der Waals surface area contributed by atoms with Crippen molar-refractivity contribution in [2.75, 3.05) is 0 Å². The summed E-state index contributed by atoms with van der Waals surface area (Å²) in [6.07, 6.45) is 0. The summed E-state index contributed by atoms with van der Waals surface area (Å²) < 4.78 is 5.54. The van der Waals surface area contributed by atoms with Gasteiger partial charge in [-0.1, -0.05) is 0 Å². The SMILES string of the molecule is Cc1cc(-c2oc3cc(O)ccc3c(=O)c2O)ccc1O. The highest BCUT2D eigenvalue weighted by molar-refractivity contribution is 5.83. The highest BCUT2D eigenvalue weighted by Crippen LogP contribution is 2.33. The fraction of sp³-hybridized carbons (Fsp3) is 0.0625. The Labute approximate surface area is 119 Å². The number of aryl methyl sites for hydroxylation is 1. The van der Waals surface area contributed by atoms with Crippen LogP contribution in [0.5, 0.6) is 17.2 Å². The Morgan fingerprint density at radius 3 is 2.48 bits per heavy atom. The molecule has 3 N–H and O–H groups in total. The van der Waals surface area contributed by atoms with Crippen molar-refractivity contribution >= 4 is 11.0 Å². The Morgan fingerprint density at radius 1 is 1.00 bits per heavy atom. The molecule has 0 fully saturated rings. The maximum Gasteiger partial charge on any atom is 0.235 e. The van der Waals surface area contributed by atoms with Crippen LogP contribution in [-0.2, 0) is 0 Å². The van der Waals surface area contributed by atoms with Gasteiger partial charge in [0.1, 0.15) is 17.1 Å². The number of hydrogen-bond acceptors (Lipinski definition) is 5. The summed E-state index contributed by atoms with van der Waals surface area (Å²) in [7, 11) is 0. The van der Waals surface area contributed by atoms with E-state index in [2.05, 4.69) is 0 Å². The van der Waals surface area contributed by atoms with Crippen molar-refractivity contribution in [2.45, 2.75) is 6.92 Å². The average Bonchev–Trinajstić information content (AvgIpc) is 2.45. The average molecular weight is 284 g/mol. The van der Waals surface area contributed by atoms with E-state index in [0.29, 0.717) is 11.1 Å². The minimum Gasteiger partial charge on any atom is -0.508 e. The second kappa shape index (κ2) is 4.56.